The molecule has 2 rings (SSSR count). The van der Waals surface area contributed by atoms with E-state index in [4.69, 9.17) is 10.5 Å². The largest absolute Gasteiger partial charge is 0.399 e. The van der Waals surface area contributed by atoms with Crippen LogP contribution in [0.1, 0.15) is 19.3 Å². The van der Waals surface area contributed by atoms with E-state index in [0.29, 0.717) is 23.6 Å². The first-order chi connectivity index (χ1) is 9.70. The van der Waals surface area contributed by atoms with Crippen LogP contribution in [0.5, 0.6) is 0 Å². The fourth-order valence-electron chi connectivity index (χ4n) is 1.99. The molecule has 2 aromatic rings. The zero-order chi connectivity index (χ0) is 14.4. The maximum atomic E-state index is 13.4. The molecule has 108 valence electrons. The number of hydrogen-bond donors (Lipinski definition) is 1. The summed E-state index contributed by atoms with van der Waals surface area (Å²) >= 11 is 0. The van der Waals surface area contributed by atoms with Gasteiger partial charge in [0, 0.05) is 31.5 Å². The number of hydrogen-bond acceptors (Lipinski definition) is 5. The number of aromatic nitrogens is 4. The highest BCUT2D eigenvalue weighted by Gasteiger charge is 2.10. The highest BCUT2D eigenvalue weighted by Crippen LogP contribution is 2.20. The number of anilines is 1. The molecule has 7 heteroatoms. The van der Waals surface area contributed by atoms with E-state index < -0.39 is 5.82 Å². The Kier molecular flexibility index (Phi) is 5.00. The number of rotatable bonds is 7. The Labute approximate surface area is 116 Å². The standard InChI is InChI=1S/C13H18FN5O/c1-20-6-4-2-3-5-19-13(16-17-18-19)10-7-11(14)9-12(15)8-10/h7-9H,2-6,15H2,1H3. The summed E-state index contributed by atoms with van der Waals surface area (Å²) in [6, 6.07) is 4.31. The summed E-state index contributed by atoms with van der Waals surface area (Å²) in [6.45, 7) is 1.44. The molecule has 0 fully saturated rings. The number of nitrogens with zero attached hydrogens (tertiary/aromatic N) is 4. The molecule has 20 heavy (non-hydrogen) atoms. The zero-order valence-electron chi connectivity index (χ0n) is 11.4. The van der Waals surface area contributed by atoms with Crippen LogP contribution < -0.4 is 5.73 Å². The van der Waals surface area contributed by atoms with Gasteiger partial charge < -0.3 is 10.5 Å². The predicted molar refractivity (Wildman–Crippen MR) is 73.4 cm³/mol. The third kappa shape index (κ3) is 3.74. The SMILES string of the molecule is COCCCCCn1nnnc1-c1cc(N)cc(F)c1. The molecule has 0 saturated carbocycles. The lowest BCUT2D eigenvalue weighted by Gasteiger charge is -2.05. The first-order valence-corrected chi connectivity index (χ1v) is 6.52. The first kappa shape index (κ1) is 14.4. The fourth-order valence-corrected chi connectivity index (χ4v) is 1.99. The molecule has 0 bridgehead atoms. The number of nitrogens with two attached hydrogens (primary N) is 1. The molecule has 6 nitrogen and oxygen atoms in total. The number of unbranched alkanes of at least 4 members (excludes halogenated alkanes) is 2. The molecule has 1 aromatic heterocycles. The van der Waals surface area contributed by atoms with E-state index in [1.165, 1.54) is 12.1 Å². The Morgan fingerprint density at radius 2 is 2.10 bits per heavy atom. The highest BCUT2D eigenvalue weighted by molar-refractivity contribution is 5.61. The summed E-state index contributed by atoms with van der Waals surface area (Å²) < 4.78 is 20.0. The van der Waals surface area contributed by atoms with Crippen molar-refractivity contribution in [1.82, 2.24) is 20.2 Å². The number of ether oxygens (including phenoxy) is 1. The van der Waals surface area contributed by atoms with Crippen molar-refractivity contribution in [2.24, 2.45) is 0 Å². The number of aryl methyl sites for hydroxylation is 1. The van der Waals surface area contributed by atoms with Gasteiger partial charge in [0.15, 0.2) is 5.82 Å². The zero-order valence-corrected chi connectivity index (χ0v) is 11.4. The molecule has 0 aliphatic carbocycles. The molecule has 1 aromatic carbocycles. The van der Waals surface area contributed by atoms with Gasteiger partial charge >= 0.3 is 0 Å². The van der Waals surface area contributed by atoms with E-state index in [1.807, 2.05) is 0 Å². The van der Waals surface area contributed by atoms with Gasteiger partial charge in [0.05, 0.1) is 0 Å². The van der Waals surface area contributed by atoms with Gasteiger partial charge in [-0.3, -0.25) is 0 Å². The van der Waals surface area contributed by atoms with Crippen LogP contribution in [0.3, 0.4) is 0 Å². The summed E-state index contributed by atoms with van der Waals surface area (Å²) in [5.74, 6) is 0.137. The average molecular weight is 279 g/mol. The van der Waals surface area contributed by atoms with Crippen LogP contribution in [0, 0.1) is 5.82 Å². The van der Waals surface area contributed by atoms with E-state index in [1.54, 1.807) is 17.9 Å². The van der Waals surface area contributed by atoms with E-state index in [-0.39, 0.29) is 0 Å². The van der Waals surface area contributed by atoms with Crippen molar-refractivity contribution in [3.8, 4) is 11.4 Å². The molecule has 2 N–H and O–H groups in total. The summed E-state index contributed by atoms with van der Waals surface area (Å²) in [6.07, 6.45) is 2.96. The Morgan fingerprint density at radius 1 is 1.25 bits per heavy atom. The fraction of sp³-hybridized carbons (Fsp3) is 0.462. The molecule has 0 spiro atoms. The van der Waals surface area contributed by atoms with Crippen molar-refractivity contribution < 1.29 is 9.13 Å². The molecule has 0 saturated heterocycles. The predicted octanol–water partition coefficient (Wildman–Crippen LogP) is 1.88. The van der Waals surface area contributed by atoms with Crippen molar-refractivity contribution in [2.45, 2.75) is 25.8 Å². The average Bonchev–Trinajstić information content (AvgIpc) is 2.86. The summed E-state index contributed by atoms with van der Waals surface area (Å²) in [5, 5.41) is 11.5. The van der Waals surface area contributed by atoms with Crippen LogP contribution in [-0.2, 0) is 11.3 Å². The van der Waals surface area contributed by atoms with Gasteiger partial charge in [-0.05, 0) is 47.9 Å². The normalized spacial score (nSPS) is 10.9. The van der Waals surface area contributed by atoms with Crippen LogP contribution in [0.4, 0.5) is 10.1 Å². The minimum atomic E-state index is -0.394. The lowest BCUT2D eigenvalue weighted by Crippen LogP contribution is -2.04. The maximum absolute atomic E-state index is 13.4. The van der Waals surface area contributed by atoms with Gasteiger partial charge in [-0.25, -0.2) is 9.07 Å². The molecule has 0 unspecified atom stereocenters. The smallest absolute Gasteiger partial charge is 0.182 e. The molecule has 0 aliphatic rings. The van der Waals surface area contributed by atoms with Crippen LogP contribution >= 0.6 is 0 Å². The van der Waals surface area contributed by atoms with Crippen molar-refractivity contribution in [2.75, 3.05) is 19.5 Å². The van der Waals surface area contributed by atoms with Gasteiger partial charge in [0.1, 0.15) is 5.82 Å². The van der Waals surface area contributed by atoms with Gasteiger partial charge in [-0.2, -0.15) is 0 Å². The Bertz CT molecular complexity index is 537. The second-order valence-electron chi connectivity index (χ2n) is 4.55. The summed E-state index contributed by atoms with van der Waals surface area (Å²) in [5.41, 5.74) is 6.58. The van der Waals surface area contributed by atoms with Gasteiger partial charge in [-0.1, -0.05) is 0 Å². The number of methoxy groups -OCH3 is 1. The lowest BCUT2D eigenvalue weighted by molar-refractivity contribution is 0.191. The Balaban J connectivity index is 2.04. The van der Waals surface area contributed by atoms with E-state index >= 15 is 0 Å². The van der Waals surface area contributed by atoms with Crippen molar-refractivity contribution in [1.29, 1.82) is 0 Å². The monoisotopic (exact) mass is 279 g/mol. The van der Waals surface area contributed by atoms with Gasteiger partial charge in [0.25, 0.3) is 0 Å². The molecule has 0 radical (unpaired) electrons. The second-order valence-corrected chi connectivity index (χ2v) is 4.55. The molecule has 0 aliphatic heterocycles. The Hall–Kier alpha value is -2.02. The van der Waals surface area contributed by atoms with Crippen LogP contribution in [0.25, 0.3) is 11.4 Å². The molecule has 0 amide bonds. The van der Waals surface area contributed by atoms with Crippen LogP contribution in [0.15, 0.2) is 18.2 Å². The second kappa shape index (κ2) is 6.95. The molecular formula is C13H18FN5O. The summed E-state index contributed by atoms with van der Waals surface area (Å²) in [7, 11) is 1.69. The minimum Gasteiger partial charge on any atom is -0.399 e. The van der Waals surface area contributed by atoms with Crippen LogP contribution in [-0.4, -0.2) is 33.9 Å². The highest BCUT2D eigenvalue weighted by atomic mass is 19.1. The van der Waals surface area contributed by atoms with E-state index in [2.05, 4.69) is 15.5 Å². The third-order valence-corrected chi connectivity index (χ3v) is 2.93. The number of tetrazole rings is 1. The van der Waals surface area contributed by atoms with Crippen molar-refractivity contribution in [3.63, 3.8) is 0 Å². The first-order valence-electron chi connectivity index (χ1n) is 6.52. The molecule has 1 heterocycles. The van der Waals surface area contributed by atoms with E-state index in [0.717, 1.165) is 25.9 Å². The van der Waals surface area contributed by atoms with Gasteiger partial charge in [-0.15, -0.1) is 5.10 Å². The van der Waals surface area contributed by atoms with Crippen molar-refractivity contribution in [3.05, 3.63) is 24.0 Å². The minimum absolute atomic E-state index is 0.356. The quantitative estimate of drug-likeness (QED) is 0.618. The molecular weight excluding hydrogens is 261 g/mol. The number of benzene rings is 1. The maximum Gasteiger partial charge on any atom is 0.182 e. The number of halogens is 1. The third-order valence-electron chi connectivity index (χ3n) is 2.93. The van der Waals surface area contributed by atoms with Gasteiger partial charge in [0.2, 0.25) is 0 Å². The molecule has 0 atom stereocenters. The topological polar surface area (TPSA) is 78.8 Å². The summed E-state index contributed by atoms with van der Waals surface area (Å²) in [4.78, 5) is 0. The lowest BCUT2D eigenvalue weighted by atomic mass is 10.2. The van der Waals surface area contributed by atoms with Crippen molar-refractivity contribution >= 4 is 5.69 Å². The van der Waals surface area contributed by atoms with E-state index in [9.17, 15) is 4.39 Å². The number of nitrogen functional groups attached to an aromatic ring is 1. The Morgan fingerprint density at radius 3 is 2.85 bits per heavy atom. The van der Waals surface area contributed by atoms with Crippen LogP contribution in [0.2, 0.25) is 0 Å².